The molecule has 2 aromatic carbocycles. The Hall–Kier alpha value is -2.28. The van der Waals surface area contributed by atoms with E-state index in [1.807, 2.05) is 6.07 Å². The largest absolute Gasteiger partial charge is 0.364 e. The molecule has 0 saturated carbocycles. The summed E-state index contributed by atoms with van der Waals surface area (Å²) >= 11 is 3.37. The maximum atomic E-state index is 13.7. The van der Waals surface area contributed by atoms with E-state index in [9.17, 15) is 13.2 Å². The molecular formula is C24H27BrN4O5S. The molecule has 9 nitrogen and oxygen atoms in total. The number of hydrogen-bond acceptors (Lipinski definition) is 6. The third-order valence-corrected chi connectivity index (χ3v) is 8.99. The number of benzene rings is 2. The molecule has 3 N–H and O–H groups in total. The number of carbonyl (C=O) groups excluding carboxylic acids is 1. The lowest BCUT2D eigenvalue weighted by molar-refractivity contribution is -0.186. The Kier molecular flexibility index (Phi) is 6.97. The Morgan fingerprint density at radius 2 is 1.97 bits per heavy atom. The number of H-pyrrole nitrogens is 1. The van der Waals surface area contributed by atoms with Gasteiger partial charge in [0.1, 0.15) is 17.3 Å². The smallest absolute Gasteiger partial charge is 0.266 e. The van der Waals surface area contributed by atoms with Crippen LogP contribution in [0.5, 0.6) is 0 Å². The highest BCUT2D eigenvalue weighted by atomic mass is 79.9. The molecule has 1 amide bonds. The van der Waals surface area contributed by atoms with Crippen LogP contribution in [0.25, 0.3) is 10.9 Å². The fourth-order valence-electron chi connectivity index (χ4n) is 4.76. The molecule has 3 aromatic rings. The molecule has 0 aliphatic carbocycles. The van der Waals surface area contributed by atoms with E-state index < -0.39 is 22.2 Å². The molecule has 11 heteroatoms. The topological polar surface area (TPSA) is 118 Å². The van der Waals surface area contributed by atoms with E-state index in [2.05, 4.69) is 50.1 Å². The quantitative estimate of drug-likeness (QED) is 0.457. The van der Waals surface area contributed by atoms with Gasteiger partial charge in [-0.3, -0.25) is 9.69 Å². The predicted octanol–water partition coefficient (Wildman–Crippen LogP) is 2.84. The highest BCUT2D eigenvalue weighted by Crippen LogP contribution is 2.32. The van der Waals surface area contributed by atoms with Gasteiger partial charge in [0.2, 0.25) is 10.0 Å². The number of fused-ring (bicyclic) bond motifs is 1. The fourth-order valence-corrected chi connectivity index (χ4v) is 6.87. The Bertz CT molecular complexity index is 1330. The van der Waals surface area contributed by atoms with Gasteiger partial charge in [-0.1, -0.05) is 46.3 Å². The van der Waals surface area contributed by atoms with Gasteiger partial charge < -0.3 is 20.2 Å². The molecular weight excluding hydrogens is 536 g/mol. The van der Waals surface area contributed by atoms with E-state index in [-0.39, 0.29) is 30.3 Å². The molecule has 2 fully saturated rings. The van der Waals surface area contributed by atoms with Crippen molar-refractivity contribution in [2.24, 2.45) is 5.73 Å². The molecule has 2 unspecified atom stereocenters. The minimum absolute atomic E-state index is 0.0250. The van der Waals surface area contributed by atoms with Crippen LogP contribution in [0.15, 0.2) is 57.9 Å². The molecule has 5 rings (SSSR count). The second kappa shape index (κ2) is 10.00. The third-order valence-electron chi connectivity index (χ3n) is 6.54. The summed E-state index contributed by atoms with van der Waals surface area (Å²) in [5, 5.41) is 0.404. The zero-order chi connectivity index (χ0) is 24.6. The van der Waals surface area contributed by atoms with E-state index in [0.29, 0.717) is 28.0 Å². The van der Waals surface area contributed by atoms with Gasteiger partial charge in [-0.25, -0.2) is 8.42 Å². The monoisotopic (exact) mass is 562 g/mol. The SMILES string of the molecule is NC(=O)c1[nH]c2ccc(Br)cc2c1S(=O)(=O)N1CCOC(OCN2CCC(c3ccccc3)C2)C1. The summed E-state index contributed by atoms with van der Waals surface area (Å²) in [5.74, 6) is -0.378. The summed E-state index contributed by atoms with van der Waals surface area (Å²) in [6.07, 6.45) is 0.342. The molecule has 1 aromatic heterocycles. The lowest BCUT2D eigenvalue weighted by Crippen LogP contribution is -2.47. The van der Waals surface area contributed by atoms with Gasteiger partial charge in [-0.05, 0) is 36.1 Å². The number of hydrogen-bond donors (Lipinski definition) is 2. The van der Waals surface area contributed by atoms with Crippen molar-refractivity contribution < 1.29 is 22.7 Å². The first-order valence-corrected chi connectivity index (χ1v) is 13.7. The van der Waals surface area contributed by atoms with Crippen LogP contribution in [0.1, 0.15) is 28.4 Å². The minimum atomic E-state index is -4.05. The number of sulfonamides is 1. The number of ether oxygens (including phenoxy) is 2. The van der Waals surface area contributed by atoms with Crippen molar-refractivity contribution in [1.29, 1.82) is 0 Å². The Morgan fingerprint density at radius 3 is 2.74 bits per heavy atom. The van der Waals surface area contributed by atoms with Crippen molar-refractivity contribution in [3.05, 3.63) is 64.3 Å². The van der Waals surface area contributed by atoms with Crippen LogP contribution < -0.4 is 5.73 Å². The van der Waals surface area contributed by atoms with Gasteiger partial charge in [0.25, 0.3) is 5.91 Å². The van der Waals surface area contributed by atoms with E-state index >= 15 is 0 Å². The molecule has 186 valence electrons. The van der Waals surface area contributed by atoms with E-state index in [4.69, 9.17) is 15.2 Å². The number of halogens is 1. The van der Waals surface area contributed by atoms with Crippen LogP contribution in [0, 0.1) is 0 Å². The van der Waals surface area contributed by atoms with Crippen molar-refractivity contribution in [2.75, 3.05) is 39.5 Å². The molecule has 3 heterocycles. The molecule has 2 saturated heterocycles. The molecule has 2 aliphatic heterocycles. The van der Waals surface area contributed by atoms with Crippen LogP contribution in [0.2, 0.25) is 0 Å². The number of nitrogens with zero attached hydrogens (tertiary/aromatic N) is 2. The highest BCUT2D eigenvalue weighted by molar-refractivity contribution is 9.10. The first-order valence-electron chi connectivity index (χ1n) is 11.4. The number of aromatic amines is 1. The van der Waals surface area contributed by atoms with Crippen LogP contribution >= 0.6 is 15.9 Å². The van der Waals surface area contributed by atoms with E-state index in [1.54, 1.807) is 18.2 Å². The summed E-state index contributed by atoms with van der Waals surface area (Å²) in [5.41, 5.74) is 7.22. The molecule has 0 spiro atoms. The second-order valence-corrected chi connectivity index (χ2v) is 11.6. The van der Waals surface area contributed by atoms with Crippen molar-refractivity contribution >= 4 is 42.8 Å². The first kappa shape index (κ1) is 24.4. The van der Waals surface area contributed by atoms with Crippen LogP contribution in [0.4, 0.5) is 0 Å². The van der Waals surface area contributed by atoms with Gasteiger partial charge in [-0.2, -0.15) is 4.31 Å². The number of amides is 1. The normalized spacial score (nSPS) is 22.1. The zero-order valence-corrected chi connectivity index (χ0v) is 21.4. The number of morpholine rings is 1. The lowest BCUT2D eigenvalue weighted by atomic mass is 9.99. The highest BCUT2D eigenvalue weighted by Gasteiger charge is 2.36. The summed E-state index contributed by atoms with van der Waals surface area (Å²) < 4.78 is 41.0. The van der Waals surface area contributed by atoms with Gasteiger partial charge >= 0.3 is 0 Å². The summed E-state index contributed by atoms with van der Waals surface area (Å²) in [7, 11) is -4.05. The number of nitrogens with two attached hydrogens (primary N) is 1. The maximum Gasteiger partial charge on any atom is 0.266 e. The summed E-state index contributed by atoms with van der Waals surface area (Å²) in [4.78, 5) is 17.0. The molecule has 35 heavy (non-hydrogen) atoms. The Morgan fingerprint density at radius 1 is 1.17 bits per heavy atom. The number of primary amides is 1. The maximum absolute atomic E-state index is 13.7. The molecule has 0 radical (unpaired) electrons. The van der Waals surface area contributed by atoms with Gasteiger partial charge in [0.05, 0.1) is 13.2 Å². The number of likely N-dealkylation sites (tertiary alicyclic amines) is 1. The van der Waals surface area contributed by atoms with Crippen LogP contribution in [0.3, 0.4) is 0 Å². The summed E-state index contributed by atoms with van der Waals surface area (Å²) in [6, 6.07) is 15.5. The van der Waals surface area contributed by atoms with Crippen molar-refractivity contribution in [3.63, 3.8) is 0 Å². The van der Waals surface area contributed by atoms with Crippen LogP contribution in [-0.2, 0) is 19.5 Å². The standard InChI is InChI=1S/C24H27BrN4O5S/c25-18-6-7-20-19(12-18)23(22(27-20)24(26)30)35(31,32)29-10-11-33-21(14-29)34-15-28-9-8-17(13-28)16-4-2-1-3-5-16/h1-7,12,17,21,27H,8-11,13-15H2,(H2,26,30). The fraction of sp³-hybridized carbons (Fsp3) is 0.375. The van der Waals surface area contributed by atoms with Gasteiger partial charge in [0.15, 0.2) is 6.29 Å². The number of carbonyl (C=O) groups is 1. The van der Waals surface area contributed by atoms with E-state index in [0.717, 1.165) is 19.5 Å². The summed E-state index contributed by atoms with van der Waals surface area (Å²) in [6.45, 7) is 2.51. The minimum Gasteiger partial charge on any atom is -0.364 e. The number of rotatable bonds is 7. The Labute approximate surface area is 212 Å². The molecule has 2 atom stereocenters. The van der Waals surface area contributed by atoms with Gasteiger partial charge in [0, 0.05) is 35.0 Å². The predicted molar refractivity (Wildman–Crippen MR) is 134 cm³/mol. The zero-order valence-electron chi connectivity index (χ0n) is 19.0. The second-order valence-electron chi connectivity index (χ2n) is 8.82. The number of aromatic nitrogens is 1. The van der Waals surface area contributed by atoms with Crippen molar-refractivity contribution in [2.45, 2.75) is 23.5 Å². The van der Waals surface area contributed by atoms with E-state index in [1.165, 1.54) is 9.87 Å². The first-order chi connectivity index (χ1) is 16.8. The van der Waals surface area contributed by atoms with Gasteiger partial charge in [-0.15, -0.1) is 0 Å². The molecule has 0 bridgehead atoms. The number of nitrogens with one attached hydrogen (secondary N) is 1. The average Bonchev–Trinajstić information content (AvgIpc) is 3.49. The van der Waals surface area contributed by atoms with Crippen molar-refractivity contribution in [1.82, 2.24) is 14.2 Å². The van der Waals surface area contributed by atoms with Crippen LogP contribution in [-0.4, -0.2) is 74.3 Å². The lowest BCUT2D eigenvalue weighted by Gasteiger charge is -2.32. The average molecular weight is 563 g/mol. The Balaban J connectivity index is 1.28. The third kappa shape index (κ3) is 5.02. The van der Waals surface area contributed by atoms with Crippen molar-refractivity contribution in [3.8, 4) is 0 Å². The molecule has 2 aliphatic rings.